The van der Waals surface area contributed by atoms with Gasteiger partial charge in [-0.1, -0.05) is 19.2 Å². The van der Waals surface area contributed by atoms with Crippen molar-refractivity contribution >= 4 is 29.9 Å². The molecule has 4 rings (SSSR count). The number of piperazine rings is 1. The van der Waals surface area contributed by atoms with Gasteiger partial charge in [-0.15, -0.1) is 0 Å². The lowest BCUT2D eigenvalue weighted by Crippen LogP contribution is -2.51. The Morgan fingerprint density at radius 1 is 1.00 bits per heavy atom. The van der Waals surface area contributed by atoms with Crippen molar-refractivity contribution in [2.24, 2.45) is 16.8 Å². The van der Waals surface area contributed by atoms with Crippen molar-refractivity contribution in [1.82, 2.24) is 19.6 Å². The van der Waals surface area contributed by atoms with Crippen molar-refractivity contribution in [3.8, 4) is 0 Å². The zero-order chi connectivity index (χ0) is 24.4. The van der Waals surface area contributed by atoms with Gasteiger partial charge in [0, 0.05) is 46.2 Å². The molecule has 0 radical (unpaired) electrons. The standard InChI is InChI=1S/C25H34N6O3/c1-17(30-14-15-31(19(3)32)25(30)34)16-27-18(2)24(33)29-12-10-28(11-13-29)23(26)22(21-7-8-21)9-6-20-4-5-20/h9,16,20-21,26H,1-2,4-8,10-15H2,3H3/b22-9-,26-23?,27-16?. The Morgan fingerprint density at radius 2 is 1.62 bits per heavy atom. The molecule has 2 heterocycles. The Labute approximate surface area is 201 Å². The summed E-state index contributed by atoms with van der Waals surface area (Å²) in [5, 5.41) is 8.73. The first-order chi connectivity index (χ1) is 16.3. The first-order valence-corrected chi connectivity index (χ1v) is 12.1. The van der Waals surface area contributed by atoms with E-state index in [9.17, 15) is 14.4 Å². The summed E-state index contributed by atoms with van der Waals surface area (Å²) < 4.78 is 0. The number of imide groups is 1. The number of carbonyl (C=O) groups excluding carboxylic acids is 3. The van der Waals surface area contributed by atoms with E-state index in [1.54, 1.807) is 4.90 Å². The maximum Gasteiger partial charge on any atom is 0.331 e. The summed E-state index contributed by atoms with van der Waals surface area (Å²) in [5.41, 5.74) is 1.58. The minimum absolute atomic E-state index is 0.0720. The number of amidine groups is 1. The summed E-state index contributed by atoms with van der Waals surface area (Å²) in [6, 6.07) is -0.434. The van der Waals surface area contributed by atoms with Crippen LogP contribution in [0.5, 0.6) is 0 Å². The average molecular weight is 467 g/mol. The van der Waals surface area contributed by atoms with Gasteiger partial charge in [-0.05, 0) is 49.5 Å². The molecule has 0 unspecified atom stereocenters. The number of urea groups is 1. The van der Waals surface area contributed by atoms with Crippen LogP contribution in [0.15, 0.2) is 41.2 Å². The molecule has 34 heavy (non-hydrogen) atoms. The molecule has 0 aromatic rings. The Balaban J connectivity index is 1.26. The van der Waals surface area contributed by atoms with E-state index in [-0.39, 0.29) is 17.5 Å². The van der Waals surface area contributed by atoms with E-state index < -0.39 is 6.03 Å². The normalized spacial score (nSPS) is 21.4. The Hall–Kier alpha value is -3.23. The van der Waals surface area contributed by atoms with Crippen LogP contribution in [0.1, 0.15) is 39.0 Å². The van der Waals surface area contributed by atoms with E-state index in [0.29, 0.717) is 56.7 Å². The Kier molecular flexibility index (Phi) is 7.00. The number of hydrogen-bond acceptors (Lipinski definition) is 5. The summed E-state index contributed by atoms with van der Waals surface area (Å²) in [6.07, 6.45) is 9.71. The van der Waals surface area contributed by atoms with Crippen LogP contribution in [0.4, 0.5) is 4.79 Å². The molecule has 0 spiro atoms. The third-order valence-corrected chi connectivity index (χ3v) is 6.89. The second kappa shape index (κ2) is 9.95. The van der Waals surface area contributed by atoms with Crippen LogP contribution in [0, 0.1) is 17.2 Å². The fraction of sp³-hybridized carbons (Fsp3) is 0.560. The SMILES string of the molecule is C=C(N=CC(=C)N1CCN(C(C)=O)C1=O)C(=O)N1CCN(C(=N)/C(=C\CC2CC2)C2CC2)CC1. The molecule has 0 bridgehead atoms. The number of carbonyl (C=O) groups is 3. The zero-order valence-electron chi connectivity index (χ0n) is 20.0. The van der Waals surface area contributed by atoms with Crippen LogP contribution < -0.4 is 0 Å². The average Bonchev–Trinajstić information content (AvgIpc) is 3.76. The smallest absolute Gasteiger partial charge is 0.331 e. The van der Waals surface area contributed by atoms with Gasteiger partial charge in [0.25, 0.3) is 5.91 Å². The van der Waals surface area contributed by atoms with Crippen LogP contribution >= 0.6 is 0 Å². The molecule has 0 atom stereocenters. The van der Waals surface area contributed by atoms with Gasteiger partial charge in [0.15, 0.2) is 0 Å². The minimum atomic E-state index is -0.434. The lowest BCUT2D eigenvalue weighted by atomic mass is 10.1. The summed E-state index contributed by atoms with van der Waals surface area (Å²) in [5.74, 6) is 1.40. The molecule has 2 saturated heterocycles. The minimum Gasteiger partial charge on any atom is -0.353 e. The molecule has 9 heteroatoms. The van der Waals surface area contributed by atoms with Gasteiger partial charge >= 0.3 is 6.03 Å². The van der Waals surface area contributed by atoms with Crippen molar-refractivity contribution in [2.45, 2.75) is 39.0 Å². The highest BCUT2D eigenvalue weighted by atomic mass is 16.2. The molecule has 1 N–H and O–H groups in total. The highest BCUT2D eigenvalue weighted by Crippen LogP contribution is 2.40. The summed E-state index contributed by atoms with van der Waals surface area (Å²) in [7, 11) is 0. The third kappa shape index (κ3) is 5.46. The monoisotopic (exact) mass is 466 g/mol. The molecule has 0 aromatic heterocycles. The fourth-order valence-corrected chi connectivity index (χ4v) is 4.37. The highest BCUT2D eigenvalue weighted by Gasteiger charge is 2.34. The topological polar surface area (TPSA) is 100 Å². The molecule has 2 saturated carbocycles. The molecular formula is C25H34N6O3. The first-order valence-electron chi connectivity index (χ1n) is 12.1. The first kappa shape index (κ1) is 23.9. The highest BCUT2D eigenvalue weighted by molar-refractivity contribution is 6.00. The number of amides is 4. The van der Waals surface area contributed by atoms with Crippen molar-refractivity contribution in [2.75, 3.05) is 39.3 Å². The molecule has 2 aliphatic heterocycles. The van der Waals surface area contributed by atoms with Crippen molar-refractivity contribution < 1.29 is 14.4 Å². The molecule has 4 aliphatic rings. The maximum absolute atomic E-state index is 12.8. The van der Waals surface area contributed by atoms with Crippen LogP contribution in [0.3, 0.4) is 0 Å². The predicted molar refractivity (Wildman–Crippen MR) is 130 cm³/mol. The summed E-state index contributed by atoms with van der Waals surface area (Å²) in [6.45, 7) is 11.9. The van der Waals surface area contributed by atoms with Gasteiger partial charge in [0.1, 0.15) is 11.5 Å². The van der Waals surface area contributed by atoms with E-state index in [0.717, 1.165) is 17.2 Å². The van der Waals surface area contributed by atoms with Crippen LogP contribution in [-0.4, -0.2) is 88.8 Å². The van der Waals surface area contributed by atoms with Gasteiger partial charge in [-0.2, -0.15) is 0 Å². The summed E-state index contributed by atoms with van der Waals surface area (Å²) in [4.78, 5) is 47.0. The summed E-state index contributed by atoms with van der Waals surface area (Å²) >= 11 is 0. The number of nitrogens with one attached hydrogen (secondary N) is 1. The Bertz CT molecular complexity index is 967. The van der Waals surface area contributed by atoms with Crippen LogP contribution in [0.2, 0.25) is 0 Å². The van der Waals surface area contributed by atoms with E-state index >= 15 is 0 Å². The van der Waals surface area contributed by atoms with Gasteiger partial charge in [0.2, 0.25) is 5.91 Å². The van der Waals surface area contributed by atoms with Crippen LogP contribution in [-0.2, 0) is 9.59 Å². The largest absolute Gasteiger partial charge is 0.353 e. The van der Waals surface area contributed by atoms with E-state index in [1.165, 1.54) is 49.3 Å². The van der Waals surface area contributed by atoms with Gasteiger partial charge < -0.3 is 9.80 Å². The van der Waals surface area contributed by atoms with E-state index in [1.807, 2.05) is 0 Å². The number of nitrogens with zero attached hydrogens (tertiary/aromatic N) is 5. The third-order valence-electron chi connectivity index (χ3n) is 6.89. The van der Waals surface area contributed by atoms with Crippen molar-refractivity contribution in [1.29, 1.82) is 5.41 Å². The second-order valence-corrected chi connectivity index (χ2v) is 9.54. The zero-order valence-corrected chi connectivity index (χ0v) is 20.0. The van der Waals surface area contributed by atoms with Gasteiger partial charge in [-0.3, -0.25) is 24.8 Å². The number of hydrogen-bond donors (Lipinski definition) is 1. The second-order valence-electron chi connectivity index (χ2n) is 9.54. The van der Waals surface area contributed by atoms with Crippen molar-refractivity contribution in [3.63, 3.8) is 0 Å². The quantitative estimate of drug-likeness (QED) is 0.338. The molecule has 0 aromatic carbocycles. The molecule has 182 valence electrons. The number of aliphatic imine (C=N–C) groups is 1. The lowest BCUT2D eigenvalue weighted by molar-refractivity contribution is -0.128. The van der Waals surface area contributed by atoms with E-state index in [2.05, 4.69) is 29.1 Å². The molecule has 4 fully saturated rings. The van der Waals surface area contributed by atoms with Gasteiger partial charge in [0.05, 0.1) is 11.9 Å². The maximum atomic E-state index is 12.8. The predicted octanol–water partition coefficient (Wildman–Crippen LogP) is 2.63. The van der Waals surface area contributed by atoms with E-state index in [4.69, 9.17) is 5.41 Å². The Morgan fingerprint density at radius 3 is 2.18 bits per heavy atom. The molecule has 9 nitrogen and oxygen atoms in total. The fourth-order valence-electron chi connectivity index (χ4n) is 4.37. The van der Waals surface area contributed by atoms with Crippen LogP contribution in [0.25, 0.3) is 0 Å². The number of rotatable bonds is 8. The molecule has 4 amide bonds. The molecular weight excluding hydrogens is 432 g/mol. The lowest BCUT2D eigenvalue weighted by Gasteiger charge is -2.36. The van der Waals surface area contributed by atoms with Crippen molar-refractivity contribution in [3.05, 3.63) is 36.2 Å². The number of allylic oxidation sites excluding steroid dienone is 2. The molecule has 2 aliphatic carbocycles. The van der Waals surface area contributed by atoms with Gasteiger partial charge in [-0.25, -0.2) is 9.79 Å².